The molecule has 0 fully saturated rings. The minimum absolute atomic E-state index is 0.0119. The largest absolute Gasteiger partial charge is 0.481 e. The summed E-state index contributed by atoms with van der Waals surface area (Å²) in [4.78, 5) is 22.7. The number of unbranched alkanes of at least 4 members (excludes halogenated alkanes) is 1. The fraction of sp³-hybridized carbons (Fsp3) is 0.579. The van der Waals surface area contributed by atoms with E-state index in [0.717, 1.165) is 5.56 Å². The Morgan fingerprint density at radius 1 is 1.14 bits per heavy atom. The van der Waals surface area contributed by atoms with E-state index in [1.807, 2.05) is 30.3 Å². The first kappa shape index (κ1) is 24.4. The standard InChI is InChI=1S/C19H27ClO7S/c1-19(2,14-26-28(20,24)25)13-16(12-15-8-4-3-5-9-15)27-18(23)11-7-6-10-17(21)22/h3-5,8-9,16H,6-7,10-14H2,1-2H3,(H,21,22). The van der Waals surface area contributed by atoms with Crippen LogP contribution in [-0.4, -0.2) is 38.2 Å². The van der Waals surface area contributed by atoms with Crippen LogP contribution in [0.15, 0.2) is 30.3 Å². The maximum absolute atomic E-state index is 12.2. The lowest BCUT2D eigenvalue weighted by Gasteiger charge is -2.29. The van der Waals surface area contributed by atoms with E-state index in [0.29, 0.717) is 25.7 Å². The van der Waals surface area contributed by atoms with Crippen LogP contribution < -0.4 is 0 Å². The number of carboxylic acid groups (broad SMARTS) is 1. The van der Waals surface area contributed by atoms with Gasteiger partial charge in [-0.25, -0.2) is 0 Å². The molecule has 1 aromatic rings. The predicted octanol–water partition coefficient (Wildman–Crippen LogP) is 3.70. The number of benzene rings is 1. The lowest BCUT2D eigenvalue weighted by molar-refractivity contribution is -0.151. The van der Waals surface area contributed by atoms with Gasteiger partial charge in [-0.1, -0.05) is 44.2 Å². The summed E-state index contributed by atoms with van der Waals surface area (Å²) in [6.07, 6.45) is 1.34. The summed E-state index contributed by atoms with van der Waals surface area (Å²) >= 11 is 0. The zero-order valence-corrected chi connectivity index (χ0v) is 17.7. The average molecular weight is 435 g/mol. The SMILES string of the molecule is CC(C)(COS(=O)(=O)Cl)CC(Cc1ccccc1)OC(=O)CCCCC(=O)O. The lowest BCUT2D eigenvalue weighted by atomic mass is 9.86. The summed E-state index contributed by atoms with van der Waals surface area (Å²) in [6, 6.07) is 9.49. The molecule has 0 bridgehead atoms. The number of aliphatic carboxylic acids is 1. The van der Waals surface area contributed by atoms with E-state index < -0.39 is 32.8 Å². The van der Waals surface area contributed by atoms with Gasteiger partial charge < -0.3 is 9.84 Å². The summed E-state index contributed by atoms with van der Waals surface area (Å²) in [5, 5.41) is 8.64. The Hall–Kier alpha value is -1.64. The van der Waals surface area contributed by atoms with Gasteiger partial charge in [0.2, 0.25) is 0 Å². The maximum Gasteiger partial charge on any atom is 0.355 e. The molecule has 0 spiro atoms. The van der Waals surface area contributed by atoms with Crippen molar-refractivity contribution < 1.29 is 32.0 Å². The molecule has 0 aliphatic heterocycles. The quantitative estimate of drug-likeness (QED) is 0.286. The molecule has 7 nitrogen and oxygen atoms in total. The highest BCUT2D eigenvalue weighted by Gasteiger charge is 2.28. The van der Waals surface area contributed by atoms with Crippen LogP contribution in [0.25, 0.3) is 0 Å². The van der Waals surface area contributed by atoms with E-state index in [9.17, 15) is 18.0 Å². The number of carboxylic acids is 1. The normalized spacial score (nSPS) is 13.1. The molecule has 0 radical (unpaired) electrons. The summed E-state index contributed by atoms with van der Waals surface area (Å²) in [5.74, 6) is -1.31. The molecule has 1 atom stereocenters. The van der Waals surface area contributed by atoms with Gasteiger partial charge in [0.1, 0.15) is 6.10 Å². The smallest absolute Gasteiger partial charge is 0.355 e. The van der Waals surface area contributed by atoms with Crippen LogP contribution in [0.3, 0.4) is 0 Å². The van der Waals surface area contributed by atoms with Crippen LogP contribution in [-0.2, 0) is 34.3 Å². The van der Waals surface area contributed by atoms with E-state index in [-0.39, 0.29) is 19.4 Å². The molecule has 0 heterocycles. The first-order valence-electron chi connectivity index (χ1n) is 9.01. The van der Waals surface area contributed by atoms with Crippen molar-refractivity contribution in [2.45, 2.75) is 58.5 Å². The third-order valence-corrected chi connectivity index (χ3v) is 4.66. The minimum Gasteiger partial charge on any atom is -0.481 e. The Bertz CT molecular complexity index is 732. The van der Waals surface area contributed by atoms with E-state index in [4.69, 9.17) is 24.7 Å². The Morgan fingerprint density at radius 2 is 1.75 bits per heavy atom. The summed E-state index contributed by atoms with van der Waals surface area (Å²) in [5.41, 5.74) is 0.373. The molecule has 1 N–H and O–H groups in total. The first-order chi connectivity index (χ1) is 13.0. The number of ether oxygens (including phenoxy) is 1. The molecule has 0 aromatic heterocycles. The van der Waals surface area contributed by atoms with Crippen molar-refractivity contribution in [2.24, 2.45) is 5.41 Å². The molecular formula is C19H27ClO7S. The van der Waals surface area contributed by atoms with Crippen molar-refractivity contribution in [3.63, 3.8) is 0 Å². The van der Waals surface area contributed by atoms with Gasteiger partial charge >= 0.3 is 21.3 Å². The van der Waals surface area contributed by atoms with Crippen LogP contribution in [0, 0.1) is 5.41 Å². The van der Waals surface area contributed by atoms with Gasteiger partial charge in [0, 0.05) is 29.9 Å². The van der Waals surface area contributed by atoms with E-state index >= 15 is 0 Å². The number of hydrogen-bond donors (Lipinski definition) is 1. The second-order valence-electron chi connectivity index (χ2n) is 7.43. The number of carbonyl (C=O) groups is 2. The maximum atomic E-state index is 12.2. The third kappa shape index (κ3) is 11.9. The van der Waals surface area contributed by atoms with E-state index in [1.165, 1.54) is 0 Å². The minimum atomic E-state index is -4.08. The first-order valence-corrected chi connectivity index (χ1v) is 11.2. The van der Waals surface area contributed by atoms with Crippen molar-refractivity contribution >= 4 is 32.0 Å². The Morgan fingerprint density at radius 3 is 2.32 bits per heavy atom. The molecule has 1 rings (SSSR count). The number of halogens is 1. The highest BCUT2D eigenvalue weighted by molar-refractivity contribution is 8.09. The predicted molar refractivity (Wildman–Crippen MR) is 105 cm³/mol. The van der Waals surface area contributed by atoms with Crippen molar-refractivity contribution in [2.75, 3.05) is 6.61 Å². The van der Waals surface area contributed by atoms with Gasteiger partial charge in [-0.2, -0.15) is 8.42 Å². The topological polar surface area (TPSA) is 107 Å². The van der Waals surface area contributed by atoms with Crippen molar-refractivity contribution in [3.05, 3.63) is 35.9 Å². The lowest BCUT2D eigenvalue weighted by Crippen LogP contribution is -2.31. The molecule has 9 heteroatoms. The van der Waals surface area contributed by atoms with Gasteiger partial charge in [0.15, 0.2) is 0 Å². The fourth-order valence-electron chi connectivity index (χ4n) is 2.73. The monoisotopic (exact) mass is 434 g/mol. The molecule has 28 heavy (non-hydrogen) atoms. The van der Waals surface area contributed by atoms with Crippen LogP contribution in [0.1, 0.15) is 51.5 Å². The molecule has 0 saturated heterocycles. The highest BCUT2D eigenvalue weighted by Crippen LogP contribution is 2.27. The van der Waals surface area contributed by atoms with Crippen molar-refractivity contribution in [1.82, 2.24) is 0 Å². The van der Waals surface area contributed by atoms with Crippen LogP contribution >= 0.6 is 10.7 Å². The van der Waals surface area contributed by atoms with Crippen molar-refractivity contribution in [1.29, 1.82) is 0 Å². The Balaban J connectivity index is 2.70. The van der Waals surface area contributed by atoms with Gasteiger partial charge in [-0.15, -0.1) is 0 Å². The zero-order chi connectivity index (χ0) is 21.2. The number of esters is 1. The van der Waals surface area contributed by atoms with E-state index in [2.05, 4.69) is 0 Å². The molecule has 1 unspecified atom stereocenters. The van der Waals surface area contributed by atoms with Gasteiger partial charge in [0.25, 0.3) is 0 Å². The second kappa shape index (κ2) is 11.4. The molecule has 0 aliphatic carbocycles. The molecule has 0 aliphatic rings. The zero-order valence-electron chi connectivity index (χ0n) is 16.1. The molecule has 0 amide bonds. The Labute approximate surface area is 170 Å². The van der Waals surface area contributed by atoms with Crippen LogP contribution in [0.4, 0.5) is 0 Å². The summed E-state index contributed by atoms with van der Waals surface area (Å²) < 4.78 is 32.4. The number of carbonyl (C=O) groups excluding carboxylic acids is 1. The molecular weight excluding hydrogens is 408 g/mol. The Kier molecular flexibility index (Phi) is 9.92. The number of hydrogen-bond acceptors (Lipinski definition) is 6. The van der Waals surface area contributed by atoms with Gasteiger partial charge in [-0.05, 0) is 30.2 Å². The van der Waals surface area contributed by atoms with Crippen molar-refractivity contribution in [3.8, 4) is 0 Å². The fourth-order valence-corrected chi connectivity index (χ4v) is 3.32. The molecule has 0 saturated carbocycles. The van der Waals surface area contributed by atoms with Gasteiger partial charge in [0.05, 0.1) is 6.61 Å². The van der Waals surface area contributed by atoms with Crippen LogP contribution in [0.5, 0.6) is 0 Å². The second-order valence-corrected chi connectivity index (χ2v) is 9.58. The summed E-state index contributed by atoms with van der Waals surface area (Å²) in [6.45, 7) is 3.46. The van der Waals surface area contributed by atoms with E-state index in [1.54, 1.807) is 13.8 Å². The average Bonchev–Trinajstić information content (AvgIpc) is 2.57. The molecule has 1 aromatic carbocycles. The third-order valence-electron chi connectivity index (χ3n) is 4.00. The summed E-state index contributed by atoms with van der Waals surface area (Å²) in [7, 11) is 1.03. The molecule has 158 valence electrons. The van der Waals surface area contributed by atoms with Crippen LogP contribution in [0.2, 0.25) is 0 Å². The number of rotatable bonds is 13. The van der Waals surface area contributed by atoms with Gasteiger partial charge in [-0.3, -0.25) is 13.8 Å². The highest BCUT2D eigenvalue weighted by atomic mass is 35.7.